The molecule has 30 heavy (non-hydrogen) atoms. The van der Waals surface area contributed by atoms with Gasteiger partial charge in [0.25, 0.3) is 0 Å². The number of ether oxygens (including phenoxy) is 3. The van der Waals surface area contributed by atoms with Crippen molar-refractivity contribution in [1.82, 2.24) is 4.98 Å². The van der Waals surface area contributed by atoms with Gasteiger partial charge in [-0.05, 0) is 35.9 Å². The van der Waals surface area contributed by atoms with Crippen molar-refractivity contribution in [3.05, 3.63) is 56.9 Å². The third kappa shape index (κ3) is 4.93. The fourth-order valence-corrected chi connectivity index (χ4v) is 4.00. The van der Waals surface area contributed by atoms with Crippen LogP contribution in [0.25, 0.3) is 23.4 Å². The van der Waals surface area contributed by atoms with Gasteiger partial charge in [0.2, 0.25) is 5.75 Å². The minimum Gasteiger partial charge on any atom is -0.493 e. The normalized spacial score (nSPS) is 10.9. The summed E-state index contributed by atoms with van der Waals surface area (Å²) in [4.78, 5) is 16.6. The van der Waals surface area contributed by atoms with Crippen molar-refractivity contribution >= 4 is 41.1 Å². The molecule has 3 aromatic rings. The molecule has 0 radical (unpaired) electrons. The highest BCUT2D eigenvalue weighted by Crippen LogP contribution is 2.39. The molecule has 0 fully saturated rings. The third-order valence-corrected chi connectivity index (χ3v) is 5.52. The quantitative estimate of drug-likeness (QED) is 0.507. The molecule has 0 spiro atoms. The number of aliphatic carboxylic acids is 1. The molecule has 0 aliphatic rings. The maximum Gasteiger partial charge on any atom is 0.308 e. The maximum atomic E-state index is 11.3. The Morgan fingerprint density at radius 1 is 1.07 bits per heavy atom. The number of benzene rings is 2. The summed E-state index contributed by atoms with van der Waals surface area (Å²) in [5.74, 6) is 0.697. The van der Waals surface area contributed by atoms with Gasteiger partial charge < -0.3 is 19.3 Å². The van der Waals surface area contributed by atoms with Gasteiger partial charge in [0, 0.05) is 15.5 Å². The monoisotopic (exact) mass is 445 g/mol. The first-order valence-electron chi connectivity index (χ1n) is 8.90. The second-order valence-electron chi connectivity index (χ2n) is 6.19. The van der Waals surface area contributed by atoms with Gasteiger partial charge in [0.05, 0.1) is 33.4 Å². The summed E-state index contributed by atoms with van der Waals surface area (Å²) in [5, 5.41) is 10.6. The highest BCUT2D eigenvalue weighted by atomic mass is 35.5. The molecule has 0 saturated carbocycles. The summed E-state index contributed by atoms with van der Waals surface area (Å²) in [7, 11) is 4.66. The second-order valence-corrected chi connectivity index (χ2v) is 7.74. The SMILES string of the molecule is COc1cc(/C=C/c2nc(-c3ccc(Cl)cc3)c(CC(=O)O)s2)cc(OC)c1OC. The molecule has 0 unspecified atom stereocenters. The molecule has 0 amide bonds. The fourth-order valence-electron chi connectivity index (χ4n) is 2.90. The molecule has 0 bridgehead atoms. The summed E-state index contributed by atoms with van der Waals surface area (Å²) >= 11 is 7.30. The molecule has 3 rings (SSSR count). The van der Waals surface area contributed by atoms with Crippen LogP contribution in [0.3, 0.4) is 0 Å². The van der Waals surface area contributed by atoms with Gasteiger partial charge in [-0.2, -0.15) is 0 Å². The van der Waals surface area contributed by atoms with Gasteiger partial charge in [-0.1, -0.05) is 29.8 Å². The van der Waals surface area contributed by atoms with Crippen molar-refractivity contribution in [3.63, 3.8) is 0 Å². The van der Waals surface area contributed by atoms with Crippen LogP contribution in [0.5, 0.6) is 17.2 Å². The number of halogens is 1. The number of nitrogens with zero attached hydrogens (tertiary/aromatic N) is 1. The van der Waals surface area contributed by atoms with Crippen LogP contribution in [0.2, 0.25) is 5.02 Å². The number of carbonyl (C=O) groups is 1. The second kappa shape index (κ2) is 9.65. The molecule has 1 heterocycles. The Hall–Kier alpha value is -3.03. The predicted octanol–water partition coefficient (Wildman–Crippen LogP) is 5.29. The predicted molar refractivity (Wildman–Crippen MR) is 119 cm³/mol. The lowest BCUT2D eigenvalue weighted by atomic mass is 10.1. The Morgan fingerprint density at radius 2 is 1.70 bits per heavy atom. The van der Waals surface area contributed by atoms with Crippen molar-refractivity contribution in [2.45, 2.75) is 6.42 Å². The van der Waals surface area contributed by atoms with E-state index in [-0.39, 0.29) is 6.42 Å². The van der Waals surface area contributed by atoms with E-state index in [2.05, 4.69) is 4.98 Å². The van der Waals surface area contributed by atoms with Gasteiger partial charge in [-0.25, -0.2) is 4.98 Å². The van der Waals surface area contributed by atoms with E-state index in [4.69, 9.17) is 25.8 Å². The maximum absolute atomic E-state index is 11.3. The third-order valence-electron chi connectivity index (χ3n) is 4.25. The fraction of sp³-hybridized carbons (Fsp3) is 0.182. The lowest BCUT2D eigenvalue weighted by Gasteiger charge is -2.12. The Labute approximate surface area is 183 Å². The summed E-state index contributed by atoms with van der Waals surface area (Å²) in [6.45, 7) is 0. The van der Waals surface area contributed by atoms with Gasteiger partial charge in [-0.3, -0.25) is 4.79 Å². The molecule has 1 aromatic heterocycles. The smallest absolute Gasteiger partial charge is 0.308 e. The molecular weight excluding hydrogens is 426 g/mol. The van der Waals surface area contributed by atoms with E-state index in [1.807, 2.05) is 36.4 Å². The number of rotatable bonds is 8. The van der Waals surface area contributed by atoms with Crippen LogP contribution in [-0.4, -0.2) is 37.4 Å². The molecule has 0 atom stereocenters. The summed E-state index contributed by atoms with van der Waals surface area (Å²) in [6, 6.07) is 10.8. The molecule has 0 aliphatic heterocycles. The van der Waals surface area contributed by atoms with Gasteiger partial charge >= 0.3 is 5.97 Å². The summed E-state index contributed by atoms with van der Waals surface area (Å²) in [6.07, 6.45) is 3.59. The van der Waals surface area contributed by atoms with Crippen LogP contribution in [0.1, 0.15) is 15.4 Å². The Bertz CT molecular complexity index is 1050. The zero-order valence-electron chi connectivity index (χ0n) is 16.6. The van der Waals surface area contributed by atoms with E-state index in [0.717, 1.165) is 11.1 Å². The zero-order valence-corrected chi connectivity index (χ0v) is 18.2. The molecule has 1 N–H and O–H groups in total. The molecule has 2 aromatic carbocycles. The van der Waals surface area contributed by atoms with Crippen molar-refractivity contribution in [2.24, 2.45) is 0 Å². The molecule has 6 nitrogen and oxygen atoms in total. The van der Waals surface area contributed by atoms with Gasteiger partial charge in [-0.15, -0.1) is 11.3 Å². The van der Waals surface area contributed by atoms with E-state index in [1.165, 1.54) is 11.3 Å². The van der Waals surface area contributed by atoms with Crippen LogP contribution in [-0.2, 0) is 11.2 Å². The average Bonchev–Trinajstić information content (AvgIpc) is 3.13. The Morgan fingerprint density at radius 3 is 2.23 bits per heavy atom. The summed E-state index contributed by atoms with van der Waals surface area (Å²) < 4.78 is 16.1. The van der Waals surface area contributed by atoms with Crippen molar-refractivity contribution in [1.29, 1.82) is 0 Å². The van der Waals surface area contributed by atoms with E-state index in [9.17, 15) is 9.90 Å². The van der Waals surface area contributed by atoms with E-state index >= 15 is 0 Å². The van der Waals surface area contributed by atoms with Gasteiger partial charge in [0.1, 0.15) is 5.01 Å². The number of aromatic nitrogens is 1. The highest BCUT2D eigenvalue weighted by Gasteiger charge is 2.16. The van der Waals surface area contributed by atoms with Crippen molar-refractivity contribution < 1.29 is 24.1 Å². The standard InChI is InChI=1S/C22H20ClNO5S/c1-27-16-10-13(11-17(28-2)22(16)29-3)4-9-19-24-21(18(30-19)12-20(25)26)14-5-7-15(23)8-6-14/h4-11H,12H2,1-3H3,(H,25,26)/b9-4+. The topological polar surface area (TPSA) is 77.9 Å². The Balaban J connectivity index is 1.97. The number of hydrogen-bond acceptors (Lipinski definition) is 6. The van der Waals surface area contributed by atoms with Crippen molar-refractivity contribution in [3.8, 4) is 28.5 Å². The highest BCUT2D eigenvalue weighted by molar-refractivity contribution is 7.13. The largest absolute Gasteiger partial charge is 0.493 e. The van der Waals surface area contributed by atoms with E-state index in [1.54, 1.807) is 33.5 Å². The minimum absolute atomic E-state index is 0.104. The number of thiazole rings is 1. The van der Waals surface area contributed by atoms with Crippen molar-refractivity contribution in [2.75, 3.05) is 21.3 Å². The number of carboxylic acids is 1. The van der Waals surface area contributed by atoms with Gasteiger partial charge in [0.15, 0.2) is 11.5 Å². The van der Waals surface area contributed by atoms with E-state index in [0.29, 0.717) is 37.8 Å². The van der Waals surface area contributed by atoms with Crippen LogP contribution >= 0.6 is 22.9 Å². The van der Waals surface area contributed by atoms with Crippen LogP contribution in [0, 0.1) is 0 Å². The Kier molecular flexibility index (Phi) is 6.97. The van der Waals surface area contributed by atoms with E-state index < -0.39 is 5.97 Å². The molecule has 0 saturated heterocycles. The molecule has 0 aliphatic carbocycles. The molecule has 8 heteroatoms. The first-order chi connectivity index (χ1) is 14.4. The first-order valence-corrected chi connectivity index (χ1v) is 10.1. The first kappa shape index (κ1) is 21.7. The summed E-state index contributed by atoms with van der Waals surface area (Å²) in [5.41, 5.74) is 2.29. The molecular formula is C22H20ClNO5S. The average molecular weight is 446 g/mol. The number of carboxylic acid groups (broad SMARTS) is 1. The van der Waals surface area contributed by atoms with Crippen LogP contribution in [0.4, 0.5) is 0 Å². The minimum atomic E-state index is -0.908. The number of hydrogen-bond donors (Lipinski definition) is 1. The lowest BCUT2D eigenvalue weighted by Crippen LogP contribution is -1.99. The molecule has 156 valence electrons. The number of methoxy groups -OCH3 is 3. The zero-order chi connectivity index (χ0) is 21.7. The van der Waals surface area contributed by atoms with Crippen LogP contribution in [0.15, 0.2) is 36.4 Å². The lowest BCUT2D eigenvalue weighted by molar-refractivity contribution is -0.136. The van der Waals surface area contributed by atoms with Crippen LogP contribution < -0.4 is 14.2 Å².